The summed E-state index contributed by atoms with van der Waals surface area (Å²) in [6.07, 6.45) is 2.23. The monoisotopic (exact) mass is 335 g/mol. The molecule has 0 aromatic heterocycles. The number of fused-ring (bicyclic) bond motifs is 1. The van der Waals surface area contributed by atoms with Crippen LogP contribution in [0.2, 0.25) is 0 Å². The zero-order valence-electron chi connectivity index (χ0n) is 14.8. The van der Waals surface area contributed by atoms with E-state index in [2.05, 4.69) is 121 Å². The molecule has 0 bridgehead atoms. The van der Waals surface area contributed by atoms with Crippen molar-refractivity contribution >= 4 is 27.7 Å². The van der Waals surface area contributed by atoms with E-state index in [-0.39, 0.29) is 0 Å². The molecule has 4 aromatic carbocycles. The molecular formula is C25H21N. The summed E-state index contributed by atoms with van der Waals surface area (Å²) in [6.45, 7) is 2.16. The summed E-state index contributed by atoms with van der Waals surface area (Å²) in [6, 6.07) is 36.0. The van der Waals surface area contributed by atoms with Gasteiger partial charge in [0.15, 0.2) is 0 Å². The maximum absolute atomic E-state index is 2.28. The highest BCUT2D eigenvalue weighted by Gasteiger charge is 2.11. The van der Waals surface area contributed by atoms with Gasteiger partial charge in [-0.05, 0) is 41.6 Å². The number of anilines is 2. The lowest BCUT2D eigenvalue weighted by Gasteiger charge is -2.24. The molecule has 0 atom stereocenters. The third kappa shape index (κ3) is 3.25. The molecule has 0 N–H and O–H groups in total. The van der Waals surface area contributed by atoms with Crippen LogP contribution in [0.3, 0.4) is 0 Å². The van der Waals surface area contributed by atoms with E-state index in [1.807, 2.05) is 0 Å². The fraction of sp³-hybridized carbons (Fsp3) is 0.0400. The summed E-state index contributed by atoms with van der Waals surface area (Å²) < 4.78 is 0. The SMILES string of the molecule is C/C(=C\N(c1ccccc1)c1cccc2ccccc12)c1ccccc1. The van der Waals surface area contributed by atoms with Crippen molar-refractivity contribution in [1.82, 2.24) is 0 Å². The molecule has 0 saturated carbocycles. The second kappa shape index (κ2) is 7.28. The van der Waals surface area contributed by atoms with Crippen LogP contribution in [0.1, 0.15) is 12.5 Å². The molecule has 126 valence electrons. The third-order valence-corrected chi connectivity index (χ3v) is 4.61. The summed E-state index contributed by atoms with van der Waals surface area (Å²) in [5, 5.41) is 2.49. The van der Waals surface area contributed by atoms with Crippen LogP contribution in [0.4, 0.5) is 11.4 Å². The Morgan fingerprint density at radius 1 is 0.654 bits per heavy atom. The predicted octanol–water partition coefficient (Wildman–Crippen LogP) is 7.04. The molecule has 0 amide bonds. The Morgan fingerprint density at radius 2 is 1.27 bits per heavy atom. The Labute approximate surface area is 154 Å². The maximum atomic E-state index is 2.28. The van der Waals surface area contributed by atoms with E-state index >= 15 is 0 Å². The van der Waals surface area contributed by atoms with Crippen molar-refractivity contribution in [3.8, 4) is 0 Å². The molecule has 0 aliphatic heterocycles. The van der Waals surface area contributed by atoms with E-state index in [0.717, 1.165) is 5.69 Å². The van der Waals surface area contributed by atoms with Gasteiger partial charge in [0.05, 0.1) is 5.69 Å². The topological polar surface area (TPSA) is 3.24 Å². The molecule has 0 fully saturated rings. The zero-order chi connectivity index (χ0) is 17.8. The van der Waals surface area contributed by atoms with Gasteiger partial charge in [0.1, 0.15) is 0 Å². The van der Waals surface area contributed by atoms with Crippen molar-refractivity contribution in [2.75, 3.05) is 4.90 Å². The van der Waals surface area contributed by atoms with Crippen molar-refractivity contribution in [2.24, 2.45) is 0 Å². The first-order valence-electron chi connectivity index (χ1n) is 8.89. The second-order valence-corrected chi connectivity index (χ2v) is 6.38. The van der Waals surface area contributed by atoms with Gasteiger partial charge in [-0.15, -0.1) is 0 Å². The zero-order valence-corrected chi connectivity index (χ0v) is 14.8. The number of para-hydroxylation sites is 1. The Balaban J connectivity index is 1.89. The van der Waals surface area contributed by atoms with Gasteiger partial charge in [-0.2, -0.15) is 0 Å². The van der Waals surface area contributed by atoms with Crippen LogP contribution in [0.25, 0.3) is 16.3 Å². The smallest absolute Gasteiger partial charge is 0.0534 e. The maximum Gasteiger partial charge on any atom is 0.0534 e. The van der Waals surface area contributed by atoms with E-state index in [9.17, 15) is 0 Å². The summed E-state index contributed by atoms with van der Waals surface area (Å²) >= 11 is 0. The predicted molar refractivity (Wildman–Crippen MR) is 113 cm³/mol. The molecule has 26 heavy (non-hydrogen) atoms. The van der Waals surface area contributed by atoms with Gasteiger partial charge in [-0.1, -0.05) is 84.9 Å². The lowest BCUT2D eigenvalue weighted by Crippen LogP contribution is -2.09. The second-order valence-electron chi connectivity index (χ2n) is 6.38. The summed E-state index contributed by atoms with van der Waals surface area (Å²) in [5.74, 6) is 0. The molecule has 1 heteroatoms. The van der Waals surface area contributed by atoms with Gasteiger partial charge in [-0.25, -0.2) is 0 Å². The molecule has 4 rings (SSSR count). The van der Waals surface area contributed by atoms with Crippen LogP contribution in [-0.2, 0) is 0 Å². The number of rotatable bonds is 4. The first kappa shape index (κ1) is 16.2. The molecule has 0 heterocycles. The number of hydrogen-bond acceptors (Lipinski definition) is 1. The lowest BCUT2D eigenvalue weighted by molar-refractivity contribution is 1.29. The number of benzene rings is 4. The van der Waals surface area contributed by atoms with Crippen molar-refractivity contribution in [3.05, 3.63) is 115 Å². The van der Waals surface area contributed by atoms with Gasteiger partial charge >= 0.3 is 0 Å². The van der Waals surface area contributed by atoms with Crippen molar-refractivity contribution in [1.29, 1.82) is 0 Å². The number of allylic oxidation sites excluding steroid dienone is 1. The van der Waals surface area contributed by atoms with Gasteiger partial charge in [0, 0.05) is 17.3 Å². The van der Waals surface area contributed by atoms with Crippen LogP contribution in [-0.4, -0.2) is 0 Å². The minimum Gasteiger partial charge on any atom is -0.316 e. The molecule has 0 aliphatic carbocycles. The fourth-order valence-electron chi connectivity index (χ4n) is 3.26. The minimum absolute atomic E-state index is 1.15. The average Bonchev–Trinajstić information content (AvgIpc) is 2.73. The normalized spacial score (nSPS) is 11.5. The molecule has 0 radical (unpaired) electrons. The molecule has 0 unspecified atom stereocenters. The van der Waals surface area contributed by atoms with Crippen molar-refractivity contribution < 1.29 is 0 Å². The lowest BCUT2D eigenvalue weighted by atomic mass is 10.1. The third-order valence-electron chi connectivity index (χ3n) is 4.61. The van der Waals surface area contributed by atoms with E-state index in [0.29, 0.717) is 0 Å². The summed E-state index contributed by atoms with van der Waals surface area (Å²) in [5.41, 5.74) is 4.79. The van der Waals surface area contributed by atoms with Crippen LogP contribution in [0.15, 0.2) is 109 Å². The molecule has 0 spiro atoms. The van der Waals surface area contributed by atoms with Crippen LogP contribution in [0, 0.1) is 0 Å². The molecule has 0 aliphatic rings. The highest BCUT2D eigenvalue weighted by molar-refractivity contribution is 5.97. The van der Waals surface area contributed by atoms with Crippen LogP contribution in [0.5, 0.6) is 0 Å². The first-order valence-corrected chi connectivity index (χ1v) is 8.89. The Morgan fingerprint density at radius 3 is 2.04 bits per heavy atom. The van der Waals surface area contributed by atoms with Crippen molar-refractivity contribution in [3.63, 3.8) is 0 Å². The van der Waals surface area contributed by atoms with E-state index < -0.39 is 0 Å². The number of nitrogens with zero attached hydrogens (tertiary/aromatic N) is 1. The van der Waals surface area contributed by atoms with Crippen LogP contribution >= 0.6 is 0 Å². The van der Waals surface area contributed by atoms with E-state index in [4.69, 9.17) is 0 Å². The Bertz CT molecular complexity index is 1030. The van der Waals surface area contributed by atoms with Crippen LogP contribution < -0.4 is 4.90 Å². The standard InChI is InChI=1S/C25H21N/c1-20(21-11-4-2-5-12-21)19-26(23-15-6-3-7-16-23)25-18-10-14-22-13-8-9-17-24(22)25/h2-19H,1H3/b20-19+. The molecule has 0 saturated heterocycles. The van der Waals surface area contributed by atoms with Gasteiger partial charge in [-0.3, -0.25) is 0 Å². The summed E-state index contributed by atoms with van der Waals surface area (Å²) in [4.78, 5) is 2.28. The van der Waals surface area contributed by atoms with E-state index in [1.165, 1.54) is 27.6 Å². The quantitative estimate of drug-likeness (QED) is 0.386. The molecular weight excluding hydrogens is 314 g/mol. The van der Waals surface area contributed by atoms with Gasteiger partial charge < -0.3 is 4.90 Å². The Kier molecular flexibility index (Phi) is 4.53. The fourth-order valence-corrected chi connectivity index (χ4v) is 3.26. The minimum atomic E-state index is 1.15. The van der Waals surface area contributed by atoms with E-state index in [1.54, 1.807) is 0 Å². The highest BCUT2D eigenvalue weighted by Crippen LogP contribution is 2.33. The van der Waals surface area contributed by atoms with Crippen molar-refractivity contribution in [2.45, 2.75) is 6.92 Å². The average molecular weight is 335 g/mol. The number of hydrogen-bond donors (Lipinski definition) is 0. The molecule has 4 aromatic rings. The van der Waals surface area contributed by atoms with Gasteiger partial charge in [0.2, 0.25) is 0 Å². The first-order chi connectivity index (χ1) is 12.8. The Hall–Kier alpha value is -3.32. The highest BCUT2D eigenvalue weighted by atomic mass is 15.1. The largest absolute Gasteiger partial charge is 0.316 e. The van der Waals surface area contributed by atoms with Gasteiger partial charge in [0.25, 0.3) is 0 Å². The summed E-state index contributed by atoms with van der Waals surface area (Å²) in [7, 11) is 0. The molecule has 1 nitrogen and oxygen atoms in total.